The predicted octanol–water partition coefficient (Wildman–Crippen LogP) is 4.83. The topological polar surface area (TPSA) is 81.0 Å². The number of nitrogens with zero attached hydrogens (tertiary/aromatic N) is 5. The lowest BCUT2D eigenvalue weighted by Crippen LogP contribution is -2.26. The first-order valence-electron chi connectivity index (χ1n) is 11.8. The number of benzene rings is 2. The number of aromatic nitrogens is 5. The smallest absolute Gasteiger partial charge is 0.272 e. The Labute approximate surface area is 208 Å². The van der Waals surface area contributed by atoms with Crippen molar-refractivity contribution in [2.45, 2.75) is 26.9 Å². The minimum Gasteiger partial charge on any atom is -0.496 e. The van der Waals surface area contributed by atoms with Gasteiger partial charge in [0.25, 0.3) is 5.91 Å². The largest absolute Gasteiger partial charge is 0.496 e. The summed E-state index contributed by atoms with van der Waals surface area (Å²) in [5.74, 6) is 1.55. The number of rotatable bonds is 5. The summed E-state index contributed by atoms with van der Waals surface area (Å²) in [4.78, 5) is 15.2. The molecule has 8 heteroatoms. The predicted molar refractivity (Wildman–Crippen MR) is 137 cm³/mol. The first-order chi connectivity index (χ1) is 17.5. The summed E-state index contributed by atoms with van der Waals surface area (Å²) in [6.45, 7) is 5.09. The zero-order valence-corrected chi connectivity index (χ0v) is 20.4. The molecule has 0 unspecified atom stereocenters. The molecule has 1 aliphatic heterocycles. The van der Waals surface area contributed by atoms with Gasteiger partial charge in [0.05, 0.1) is 37.3 Å². The van der Waals surface area contributed by atoms with Gasteiger partial charge in [-0.05, 0) is 55.8 Å². The van der Waals surface area contributed by atoms with E-state index in [2.05, 4.69) is 46.8 Å². The summed E-state index contributed by atoms with van der Waals surface area (Å²) in [5.41, 5.74) is 7.28. The molecule has 0 radical (unpaired) electrons. The highest BCUT2D eigenvalue weighted by atomic mass is 16.5. The third-order valence-electron chi connectivity index (χ3n) is 6.64. The van der Waals surface area contributed by atoms with Gasteiger partial charge in [0.1, 0.15) is 17.3 Å². The fraction of sp³-hybridized carbons (Fsp3) is 0.179. The van der Waals surface area contributed by atoms with Crippen molar-refractivity contribution >= 4 is 5.91 Å². The van der Waals surface area contributed by atoms with Crippen molar-refractivity contribution in [1.82, 2.24) is 29.4 Å². The minimum absolute atomic E-state index is 0.113. The number of para-hydroxylation sites is 1. The van der Waals surface area contributed by atoms with Crippen molar-refractivity contribution in [2.75, 3.05) is 7.11 Å². The van der Waals surface area contributed by atoms with Crippen LogP contribution in [0.5, 0.6) is 5.75 Å². The zero-order chi connectivity index (χ0) is 24.8. The molecule has 180 valence electrons. The molecule has 3 aromatic heterocycles. The van der Waals surface area contributed by atoms with Crippen molar-refractivity contribution in [3.63, 3.8) is 0 Å². The molecule has 5 aromatic rings. The second-order valence-corrected chi connectivity index (χ2v) is 9.07. The van der Waals surface area contributed by atoms with Gasteiger partial charge in [-0.25, -0.2) is 4.68 Å². The van der Waals surface area contributed by atoms with Gasteiger partial charge in [-0.1, -0.05) is 29.8 Å². The van der Waals surface area contributed by atoms with E-state index in [-0.39, 0.29) is 5.91 Å². The van der Waals surface area contributed by atoms with Crippen LogP contribution in [0.4, 0.5) is 0 Å². The number of amides is 1. The van der Waals surface area contributed by atoms with Crippen molar-refractivity contribution in [1.29, 1.82) is 0 Å². The minimum atomic E-state index is -0.113. The Hall–Kier alpha value is -4.59. The van der Waals surface area contributed by atoms with Gasteiger partial charge in [-0.2, -0.15) is 10.2 Å². The van der Waals surface area contributed by atoms with Gasteiger partial charge in [0.2, 0.25) is 0 Å². The number of methoxy groups -OCH3 is 1. The summed E-state index contributed by atoms with van der Waals surface area (Å²) >= 11 is 0. The van der Waals surface area contributed by atoms with Crippen LogP contribution in [0.25, 0.3) is 22.8 Å². The maximum absolute atomic E-state index is 13.4. The average Bonchev–Trinajstić information content (AvgIpc) is 3.67. The molecular weight excluding hydrogens is 452 g/mol. The standard InChI is InChI=1S/C28H26N6O2/c1-18-10-11-25(19(2)14-18)34-27(32-12-6-7-13-32)21-16-33(17-24(21)31-34)28(35)23-15-22(29-30-23)20-8-4-5-9-26(20)36-3/h4-15H,16-17H2,1-3H3,(H,29,30). The Morgan fingerprint density at radius 2 is 1.81 bits per heavy atom. The van der Waals surface area contributed by atoms with E-state index in [0.717, 1.165) is 33.9 Å². The third-order valence-corrected chi connectivity index (χ3v) is 6.64. The Morgan fingerprint density at radius 1 is 1.00 bits per heavy atom. The maximum atomic E-state index is 13.4. The van der Waals surface area contributed by atoms with Crippen LogP contribution in [0.1, 0.15) is 32.9 Å². The Bertz CT molecular complexity index is 1580. The number of fused-ring (bicyclic) bond motifs is 1. The van der Waals surface area contributed by atoms with Gasteiger partial charge < -0.3 is 14.2 Å². The van der Waals surface area contributed by atoms with Crippen LogP contribution >= 0.6 is 0 Å². The number of hydrogen-bond donors (Lipinski definition) is 1. The summed E-state index contributed by atoms with van der Waals surface area (Å²) < 4.78 is 9.51. The Kier molecular flexibility index (Phi) is 5.21. The third kappa shape index (κ3) is 3.58. The molecule has 1 aliphatic rings. The number of aryl methyl sites for hydroxylation is 2. The number of nitrogens with one attached hydrogen (secondary N) is 1. The monoisotopic (exact) mass is 478 g/mol. The van der Waals surface area contributed by atoms with E-state index >= 15 is 0 Å². The van der Waals surface area contributed by atoms with E-state index in [1.54, 1.807) is 18.1 Å². The maximum Gasteiger partial charge on any atom is 0.272 e. The number of hydrogen-bond acceptors (Lipinski definition) is 4. The second kappa shape index (κ2) is 8.57. The summed E-state index contributed by atoms with van der Waals surface area (Å²) in [5, 5.41) is 12.3. The quantitative estimate of drug-likeness (QED) is 0.392. The average molecular weight is 479 g/mol. The molecule has 6 rings (SSSR count). The number of carbonyl (C=O) groups is 1. The number of ether oxygens (including phenoxy) is 1. The summed E-state index contributed by atoms with van der Waals surface area (Å²) in [7, 11) is 1.62. The molecule has 1 amide bonds. The molecule has 2 aromatic carbocycles. The molecule has 8 nitrogen and oxygen atoms in total. The molecule has 0 aliphatic carbocycles. The van der Waals surface area contributed by atoms with Crippen LogP contribution in [0, 0.1) is 13.8 Å². The van der Waals surface area contributed by atoms with Crippen LogP contribution in [-0.2, 0) is 13.1 Å². The zero-order valence-electron chi connectivity index (χ0n) is 20.4. The lowest BCUT2D eigenvalue weighted by atomic mass is 10.1. The fourth-order valence-electron chi connectivity index (χ4n) is 4.89. The van der Waals surface area contributed by atoms with E-state index in [4.69, 9.17) is 9.84 Å². The van der Waals surface area contributed by atoms with Gasteiger partial charge in [-0.15, -0.1) is 0 Å². The molecule has 1 N–H and O–H groups in total. The number of aromatic amines is 1. The van der Waals surface area contributed by atoms with E-state index in [1.165, 1.54) is 5.56 Å². The van der Waals surface area contributed by atoms with Crippen molar-refractivity contribution in [2.24, 2.45) is 0 Å². The van der Waals surface area contributed by atoms with E-state index < -0.39 is 0 Å². The van der Waals surface area contributed by atoms with Crippen molar-refractivity contribution in [3.8, 4) is 28.5 Å². The molecule has 0 bridgehead atoms. The SMILES string of the molecule is COc1ccccc1-c1cc(C(=O)N2Cc3nn(-c4ccc(C)cc4C)c(-n4cccc4)c3C2)[nH]n1. The molecule has 0 saturated carbocycles. The molecule has 36 heavy (non-hydrogen) atoms. The number of H-pyrrole nitrogens is 1. The molecular formula is C28H26N6O2. The Balaban J connectivity index is 1.33. The highest BCUT2D eigenvalue weighted by molar-refractivity contribution is 5.94. The van der Waals surface area contributed by atoms with Crippen molar-refractivity contribution in [3.05, 3.63) is 101 Å². The van der Waals surface area contributed by atoms with E-state index in [0.29, 0.717) is 30.2 Å². The van der Waals surface area contributed by atoms with Crippen LogP contribution in [0.3, 0.4) is 0 Å². The van der Waals surface area contributed by atoms with Gasteiger partial charge in [-0.3, -0.25) is 9.89 Å². The van der Waals surface area contributed by atoms with E-state index in [1.807, 2.05) is 53.5 Å². The highest BCUT2D eigenvalue weighted by Crippen LogP contribution is 2.33. The number of carbonyl (C=O) groups excluding carboxylic acids is 1. The molecule has 0 saturated heterocycles. The normalized spacial score (nSPS) is 12.7. The summed E-state index contributed by atoms with van der Waals surface area (Å²) in [6, 6.07) is 19.8. The van der Waals surface area contributed by atoms with Crippen LogP contribution in [-0.4, -0.2) is 42.5 Å². The molecule has 4 heterocycles. The van der Waals surface area contributed by atoms with Crippen LogP contribution in [0.2, 0.25) is 0 Å². The lowest BCUT2D eigenvalue weighted by Gasteiger charge is -2.17. The van der Waals surface area contributed by atoms with Crippen molar-refractivity contribution < 1.29 is 9.53 Å². The molecule has 0 atom stereocenters. The molecule has 0 spiro atoms. The summed E-state index contributed by atoms with van der Waals surface area (Å²) in [6.07, 6.45) is 4.02. The second-order valence-electron chi connectivity index (χ2n) is 9.07. The van der Waals surface area contributed by atoms with Crippen LogP contribution in [0.15, 0.2) is 73.1 Å². The molecule has 0 fully saturated rings. The first kappa shape index (κ1) is 21.9. The van der Waals surface area contributed by atoms with E-state index in [9.17, 15) is 4.79 Å². The lowest BCUT2D eigenvalue weighted by molar-refractivity contribution is 0.0743. The highest BCUT2D eigenvalue weighted by Gasteiger charge is 2.33. The first-order valence-corrected chi connectivity index (χ1v) is 11.8. The fourth-order valence-corrected chi connectivity index (χ4v) is 4.89. The Morgan fingerprint density at radius 3 is 2.58 bits per heavy atom. The van der Waals surface area contributed by atoms with Gasteiger partial charge in [0.15, 0.2) is 0 Å². The van der Waals surface area contributed by atoms with Gasteiger partial charge in [0, 0.05) is 23.5 Å². The van der Waals surface area contributed by atoms with Crippen LogP contribution < -0.4 is 4.74 Å². The van der Waals surface area contributed by atoms with Gasteiger partial charge >= 0.3 is 0 Å².